The summed E-state index contributed by atoms with van der Waals surface area (Å²) >= 11 is 0. The minimum atomic E-state index is -0.536. The van der Waals surface area contributed by atoms with Crippen molar-refractivity contribution in [2.75, 3.05) is 34.5 Å². The monoisotopic (exact) mass is 439 g/mol. The molecule has 1 atom stereocenters. The van der Waals surface area contributed by atoms with Gasteiger partial charge in [-0.2, -0.15) is 5.10 Å². The van der Waals surface area contributed by atoms with Gasteiger partial charge in [0.25, 0.3) is 5.91 Å². The zero-order valence-electron chi connectivity index (χ0n) is 18.1. The average molecular weight is 439 g/mol. The first kappa shape index (κ1) is 21.5. The average Bonchev–Trinajstić information content (AvgIpc) is 3.35. The molecule has 0 aliphatic carbocycles. The van der Waals surface area contributed by atoms with Crippen LogP contribution in [0.3, 0.4) is 0 Å². The van der Waals surface area contributed by atoms with Crippen molar-refractivity contribution in [1.29, 1.82) is 0 Å². The van der Waals surface area contributed by atoms with E-state index in [0.29, 0.717) is 52.7 Å². The van der Waals surface area contributed by atoms with Crippen LogP contribution in [-0.4, -0.2) is 65.7 Å². The number of fused-ring (bicyclic) bond motifs is 1. The molecular formula is C23H25N3O6. The Labute approximate surface area is 185 Å². The lowest BCUT2D eigenvalue weighted by Gasteiger charge is -2.27. The summed E-state index contributed by atoms with van der Waals surface area (Å²) in [6, 6.07) is 9.89. The summed E-state index contributed by atoms with van der Waals surface area (Å²) in [5.41, 5.74) is 2.71. The summed E-state index contributed by atoms with van der Waals surface area (Å²) in [5, 5.41) is 27.0. The zero-order chi connectivity index (χ0) is 22.8. The second-order valence-corrected chi connectivity index (χ2v) is 7.31. The van der Waals surface area contributed by atoms with E-state index in [1.165, 1.54) is 21.3 Å². The Bertz CT molecular complexity index is 1120. The molecule has 0 radical (unpaired) electrons. The highest BCUT2D eigenvalue weighted by Crippen LogP contribution is 2.48. The predicted octanol–water partition coefficient (Wildman–Crippen LogP) is 2.74. The Morgan fingerprint density at radius 3 is 2.38 bits per heavy atom. The second-order valence-electron chi connectivity index (χ2n) is 7.31. The lowest BCUT2D eigenvalue weighted by atomic mass is 9.95. The van der Waals surface area contributed by atoms with Gasteiger partial charge in [-0.15, -0.1) is 0 Å². The molecule has 1 aromatic heterocycles. The number of aromatic hydroxyl groups is 1. The maximum atomic E-state index is 13.3. The molecule has 3 N–H and O–H groups in total. The molecule has 4 rings (SSSR count). The summed E-state index contributed by atoms with van der Waals surface area (Å²) in [4.78, 5) is 14.9. The van der Waals surface area contributed by atoms with Crippen LogP contribution < -0.4 is 14.2 Å². The van der Waals surface area contributed by atoms with Gasteiger partial charge in [0, 0.05) is 24.3 Å². The van der Waals surface area contributed by atoms with Crippen molar-refractivity contribution >= 4 is 5.91 Å². The molecular weight excluding hydrogens is 414 g/mol. The number of hydrogen-bond donors (Lipinski definition) is 3. The third-order valence-corrected chi connectivity index (χ3v) is 5.58. The molecule has 1 aliphatic heterocycles. The van der Waals surface area contributed by atoms with E-state index in [9.17, 15) is 15.0 Å². The van der Waals surface area contributed by atoms with Gasteiger partial charge < -0.3 is 29.3 Å². The van der Waals surface area contributed by atoms with Gasteiger partial charge in [0.15, 0.2) is 11.5 Å². The lowest BCUT2D eigenvalue weighted by molar-refractivity contribution is 0.0731. The Balaban J connectivity index is 1.94. The van der Waals surface area contributed by atoms with E-state index in [2.05, 4.69) is 10.2 Å². The third-order valence-electron chi connectivity index (χ3n) is 5.58. The third kappa shape index (κ3) is 3.40. The molecule has 9 heteroatoms. The number of aromatic amines is 1. The Hall–Kier alpha value is -3.72. The van der Waals surface area contributed by atoms with Crippen LogP contribution in [0.2, 0.25) is 0 Å². The van der Waals surface area contributed by atoms with E-state index >= 15 is 0 Å². The van der Waals surface area contributed by atoms with Crippen molar-refractivity contribution in [2.45, 2.75) is 12.5 Å². The standard InChI is InChI=1S/C23H25N3O6/c1-30-16-11-13(12-17(31-2)22(16)32-3)21-18-19(14-7-4-5-8-15(14)28)24-25-20(18)23(29)26(21)9-6-10-27/h4-5,7-8,11-12,21,27-28H,6,9-10H2,1-3H3,(H,24,25)/t21-/m0/s1. The fourth-order valence-corrected chi connectivity index (χ4v) is 4.15. The van der Waals surface area contributed by atoms with Crippen LogP contribution in [0.25, 0.3) is 11.3 Å². The fourth-order valence-electron chi connectivity index (χ4n) is 4.15. The number of aliphatic hydroxyl groups is 1. The first-order valence-electron chi connectivity index (χ1n) is 10.1. The molecule has 168 valence electrons. The molecule has 0 bridgehead atoms. The van der Waals surface area contributed by atoms with Crippen LogP contribution >= 0.6 is 0 Å². The molecule has 0 spiro atoms. The van der Waals surface area contributed by atoms with Crippen LogP contribution in [0.15, 0.2) is 36.4 Å². The van der Waals surface area contributed by atoms with Gasteiger partial charge in [-0.1, -0.05) is 12.1 Å². The summed E-state index contributed by atoms with van der Waals surface area (Å²) in [6.07, 6.45) is 0.413. The minimum absolute atomic E-state index is 0.0513. The first-order chi connectivity index (χ1) is 15.5. The van der Waals surface area contributed by atoms with Gasteiger partial charge in [-0.05, 0) is 36.2 Å². The molecule has 3 aromatic rings. The number of aliphatic hydroxyl groups excluding tert-OH is 1. The number of nitrogens with one attached hydrogen (secondary N) is 1. The van der Waals surface area contributed by atoms with Gasteiger partial charge >= 0.3 is 0 Å². The van der Waals surface area contributed by atoms with Crippen LogP contribution in [0.1, 0.15) is 34.1 Å². The zero-order valence-corrected chi connectivity index (χ0v) is 18.1. The molecule has 9 nitrogen and oxygen atoms in total. The maximum Gasteiger partial charge on any atom is 0.273 e. The summed E-state index contributed by atoms with van der Waals surface area (Å²) < 4.78 is 16.5. The number of ether oxygens (including phenoxy) is 3. The SMILES string of the molecule is COc1cc([C@H]2c3c(-c4ccccc4O)n[nH]c3C(=O)N2CCCO)cc(OC)c1OC. The summed E-state index contributed by atoms with van der Waals surface area (Å²) in [7, 11) is 4.58. The number of para-hydroxylation sites is 1. The highest BCUT2D eigenvalue weighted by molar-refractivity contribution is 6.00. The van der Waals surface area contributed by atoms with E-state index in [1.54, 1.807) is 41.3 Å². The van der Waals surface area contributed by atoms with Crippen molar-refractivity contribution in [1.82, 2.24) is 15.1 Å². The Morgan fingerprint density at radius 2 is 1.78 bits per heavy atom. The van der Waals surface area contributed by atoms with Crippen molar-refractivity contribution in [2.24, 2.45) is 0 Å². The molecule has 0 fully saturated rings. The number of H-pyrrole nitrogens is 1. The number of nitrogens with zero attached hydrogens (tertiary/aromatic N) is 2. The van der Waals surface area contributed by atoms with E-state index in [4.69, 9.17) is 14.2 Å². The van der Waals surface area contributed by atoms with E-state index in [0.717, 1.165) is 5.56 Å². The van der Waals surface area contributed by atoms with Gasteiger partial charge in [0.05, 0.1) is 27.4 Å². The minimum Gasteiger partial charge on any atom is -0.507 e. The maximum absolute atomic E-state index is 13.3. The molecule has 2 heterocycles. The molecule has 2 aromatic carbocycles. The smallest absolute Gasteiger partial charge is 0.273 e. The predicted molar refractivity (Wildman–Crippen MR) is 116 cm³/mol. The van der Waals surface area contributed by atoms with Gasteiger partial charge in [0.1, 0.15) is 17.1 Å². The second kappa shape index (κ2) is 8.80. The van der Waals surface area contributed by atoms with Crippen LogP contribution in [0, 0.1) is 0 Å². The molecule has 0 saturated heterocycles. The number of hydrogen-bond acceptors (Lipinski definition) is 7. The Kier molecular flexibility index (Phi) is 5.91. The normalized spacial score (nSPS) is 15.1. The van der Waals surface area contributed by atoms with Crippen molar-refractivity contribution in [3.05, 3.63) is 53.2 Å². The molecule has 1 aliphatic rings. The van der Waals surface area contributed by atoms with Crippen LogP contribution in [0.4, 0.5) is 0 Å². The highest BCUT2D eigenvalue weighted by Gasteiger charge is 2.42. The van der Waals surface area contributed by atoms with Gasteiger partial charge in [-0.25, -0.2) is 0 Å². The van der Waals surface area contributed by atoms with Crippen molar-refractivity contribution < 1.29 is 29.2 Å². The number of benzene rings is 2. The molecule has 32 heavy (non-hydrogen) atoms. The van der Waals surface area contributed by atoms with E-state index < -0.39 is 6.04 Å². The lowest BCUT2D eigenvalue weighted by Crippen LogP contribution is -2.31. The molecule has 0 saturated carbocycles. The number of methoxy groups -OCH3 is 3. The number of rotatable bonds is 8. The number of phenolic OH excluding ortho intramolecular Hbond substituents is 1. The molecule has 0 unspecified atom stereocenters. The fraction of sp³-hybridized carbons (Fsp3) is 0.304. The van der Waals surface area contributed by atoms with E-state index in [1.807, 2.05) is 0 Å². The van der Waals surface area contributed by atoms with Crippen molar-refractivity contribution in [3.63, 3.8) is 0 Å². The number of carbonyl (C=O) groups excluding carboxylic acids is 1. The van der Waals surface area contributed by atoms with Gasteiger partial charge in [0.2, 0.25) is 5.75 Å². The summed E-state index contributed by atoms with van der Waals surface area (Å²) in [5.74, 6) is 1.18. The first-order valence-corrected chi connectivity index (χ1v) is 10.1. The number of amides is 1. The van der Waals surface area contributed by atoms with Crippen LogP contribution in [-0.2, 0) is 0 Å². The molecule has 1 amide bonds. The van der Waals surface area contributed by atoms with Crippen LogP contribution in [0.5, 0.6) is 23.0 Å². The van der Waals surface area contributed by atoms with Crippen molar-refractivity contribution in [3.8, 4) is 34.3 Å². The highest BCUT2D eigenvalue weighted by atomic mass is 16.5. The van der Waals surface area contributed by atoms with Gasteiger partial charge in [-0.3, -0.25) is 9.89 Å². The Morgan fingerprint density at radius 1 is 1.09 bits per heavy atom. The quantitative estimate of drug-likeness (QED) is 0.494. The largest absolute Gasteiger partial charge is 0.507 e. The van der Waals surface area contributed by atoms with E-state index in [-0.39, 0.29) is 18.3 Å². The number of aromatic nitrogens is 2. The number of carbonyl (C=O) groups is 1. The topological polar surface area (TPSA) is 117 Å². The number of phenols is 1. The summed E-state index contributed by atoms with van der Waals surface area (Å²) in [6.45, 7) is 0.281.